The van der Waals surface area contributed by atoms with Gasteiger partial charge in [0.1, 0.15) is 0 Å². The molecule has 108 valence electrons. The molecular weight excluding hydrogens is 353 g/mol. The summed E-state index contributed by atoms with van der Waals surface area (Å²) < 4.78 is 38.5. The van der Waals surface area contributed by atoms with Gasteiger partial charge in [0.15, 0.2) is 0 Å². The SMILES string of the molecule is Nc1cc(C(F)(F)F)ccc1NCCc1ccc(Br)s1. The number of nitrogen functional groups attached to an aromatic ring is 1. The van der Waals surface area contributed by atoms with Crippen LogP contribution in [-0.4, -0.2) is 6.54 Å². The highest BCUT2D eigenvalue weighted by atomic mass is 79.9. The maximum absolute atomic E-state index is 12.5. The van der Waals surface area contributed by atoms with Gasteiger partial charge in [-0.05, 0) is 52.7 Å². The third kappa shape index (κ3) is 3.89. The van der Waals surface area contributed by atoms with Gasteiger partial charge in [-0.15, -0.1) is 11.3 Å². The van der Waals surface area contributed by atoms with Crippen LogP contribution in [0.1, 0.15) is 10.4 Å². The van der Waals surface area contributed by atoms with E-state index in [1.165, 1.54) is 10.9 Å². The Balaban J connectivity index is 1.96. The molecule has 1 heterocycles. The normalized spacial score (nSPS) is 11.6. The van der Waals surface area contributed by atoms with E-state index in [1.807, 2.05) is 12.1 Å². The molecule has 0 aliphatic carbocycles. The molecule has 0 aliphatic heterocycles. The van der Waals surface area contributed by atoms with Gasteiger partial charge in [0.25, 0.3) is 0 Å². The van der Waals surface area contributed by atoms with E-state index in [0.29, 0.717) is 12.2 Å². The van der Waals surface area contributed by atoms with E-state index in [4.69, 9.17) is 5.73 Å². The second kappa shape index (κ2) is 6.05. The second-order valence-electron chi connectivity index (χ2n) is 4.18. The van der Waals surface area contributed by atoms with Crippen molar-refractivity contribution < 1.29 is 13.2 Å². The fraction of sp³-hybridized carbons (Fsp3) is 0.231. The average molecular weight is 365 g/mol. The lowest BCUT2D eigenvalue weighted by molar-refractivity contribution is -0.137. The lowest BCUT2D eigenvalue weighted by Gasteiger charge is -2.12. The van der Waals surface area contributed by atoms with Crippen LogP contribution < -0.4 is 11.1 Å². The molecule has 2 nitrogen and oxygen atoms in total. The number of nitrogens with two attached hydrogens (primary N) is 1. The van der Waals surface area contributed by atoms with E-state index in [1.54, 1.807) is 11.3 Å². The quantitative estimate of drug-likeness (QED) is 0.767. The van der Waals surface area contributed by atoms with Crippen molar-refractivity contribution in [1.82, 2.24) is 0 Å². The number of halogens is 4. The number of anilines is 2. The summed E-state index contributed by atoms with van der Waals surface area (Å²) in [5.41, 5.74) is 5.53. The minimum Gasteiger partial charge on any atom is -0.397 e. The molecule has 0 unspecified atom stereocenters. The first kappa shape index (κ1) is 15.2. The highest BCUT2D eigenvalue weighted by Crippen LogP contribution is 2.32. The zero-order valence-electron chi connectivity index (χ0n) is 10.3. The predicted molar refractivity (Wildman–Crippen MR) is 80.1 cm³/mol. The third-order valence-electron chi connectivity index (χ3n) is 2.69. The Bertz CT molecular complexity index is 596. The van der Waals surface area contributed by atoms with Crippen molar-refractivity contribution in [3.63, 3.8) is 0 Å². The Hall–Kier alpha value is -1.21. The van der Waals surface area contributed by atoms with Crippen molar-refractivity contribution >= 4 is 38.6 Å². The molecule has 0 radical (unpaired) electrons. The summed E-state index contributed by atoms with van der Waals surface area (Å²) in [7, 11) is 0. The van der Waals surface area contributed by atoms with Crippen molar-refractivity contribution in [2.24, 2.45) is 0 Å². The zero-order chi connectivity index (χ0) is 14.8. The summed E-state index contributed by atoms with van der Waals surface area (Å²) in [6.07, 6.45) is -3.58. The molecule has 0 fully saturated rings. The first-order valence-electron chi connectivity index (χ1n) is 5.81. The Morgan fingerprint density at radius 3 is 2.50 bits per heavy atom. The number of hydrogen-bond acceptors (Lipinski definition) is 3. The summed E-state index contributed by atoms with van der Waals surface area (Å²) in [5, 5.41) is 3.05. The Kier molecular flexibility index (Phi) is 4.59. The molecule has 20 heavy (non-hydrogen) atoms. The van der Waals surface area contributed by atoms with Gasteiger partial charge in [-0.25, -0.2) is 0 Å². The number of benzene rings is 1. The molecule has 0 aliphatic rings. The molecule has 1 aromatic carbocycles. The first-order valence-corrected chi connectivity index (χ1v) is 7.42. The highest BCUT2D eigenvalue weighted by molar-refractivity contribution is 9.11. The van der Waals surface area contributed by atoms with Crippen LogP contribution in [0.4, 0.5) is 24.5 Å². The van der Waals surface area contributed by atoms with E-state index in [-0.39, 0.29) is 5.69 Å². The molecule has 3 N–H and O–H groups in total. The molecule has 1 aromatic heterocycles. The van der Waals surface area contributed by atoms with Crippen LogP contribution in [-0.2, 0) is 12.6 Å². The summed E-state index contributed by atoms with van der Waals surface area (Å²) >= 11 is 5.01. The van der Waals surface area contributed by atoms with Crippen LogP contribution in [0.15, 0.2) is 34.1 Å². The third-order valence-corrected chi connectivity index (χ3v) is 4.38. The summed E-state index contributed by atoms with van der Waals surface area (Å²) in [6.45, 7) is 0.614. The van der Waals surface area contributed by atoms with Crippen molar-refractivity contribution in [3.05, 3.63) is 44.6 Å². The topological polar surface area (TPSA) is 38.0 Å². The summed E-state index contributed by atoms with van der Waals surface area (Å²) in [4.78, 5) is 1.19. The van der Waals surface area contributed by atoms with Gasteiger partial charge in [0.2, 0.25) is 0 Å². The minimum absolute atomic E-state index is 0.104. The van der Waals surface area contributed by atoms with Crippen molar-refractivity contribution in [3.8, 4) is 0 Å². The summed E-state index contributed by atoms with van der Waals surface area (Å²) in [5.74, 6) is 0. The molecule has 0 amide bonds. The highest BCUT2D eigenvalue weighted by Gasteiger charge is 2.30. The lowest BCUT2D eigenvalue weighted by atomic mass is 10.1. The van der Waals surface area contributed by atoms with E-state index in [2.05, 4.69) is 21.2 Å². The van der Waals surface area contributed by atoms with Gasteiger partial charge in [-0.2, -0.15) is 13.2 Å². The van der Waals surface area contributed by atoms with Gasteiger partial charge in [0.05, 0.1) is 20.7 Å². The average Bonchev–Trinajstić information content (AvgIpc) is 2.76. The number of alkyl halides is 3. The maximum Gasteiger partial charge on any atom is 0.416 e. The monoisotopic (exact) mass is 364 g/mol. The van der Waals surface area contributed by atoms with Crippen molar-refractivity contribution in [1.29, 1.82) is 0 Å². The van der Waals surface area contributed by atoms with E-state index >= 15 is 0 Å². The Morgan fingerprint density at radius 2 is 1.95 bits per heavy atom. The van der Waals surface area contributed by atoms with Gasteiger partial charge >= 0.3 is 6.18 Å². The molecule has 0 saturated carbocycles. The number of rotatable bonds is 4. The molecule has 0 spiro atoms. The smallest absolute Gasteiger partial charge is 0.397 e. The minimum atomic E-state index is -4.37. The van der Waals surface area contributed by atoms with E-state index in [9.17, 15) is 13.2 Å². The molecule has 0 atom stereocenters. The van der Waals surface area contributed by atoms with Gasteiger partial charge in [-0.3, -0.25) is 0 Å². The van der Waals surface area contributed by atoms with Crippen LogP contribution in [0.3, 0.4) is 0 Å². The first-order chi connectivity index (χ1) is 9.36. The molecule has 2 rings (SSSR count). The molecular formula is C13H12BrF3N2S. The Labute approximate surface area is 126 Å². The number of thiophene rings is 1. The van der Waals surface area contributed by atoms with Gasteiger partial charge in [-0.1, -0.05) is 0 Å². The van der Waals surface area contributed by atoms with Crippen LogP contribution in [0, 0.1) is 0 Å². The molecule has 2 aromatic rings. The fourth-order valence-corrected chi connectivity index (χ4v) is 3.19. The standard InChI is InChI=1S/C13H12BrF3N2S/c14-12-4-2-9(20-12)5-6-19-11-3-1-8(7-10(11)18)13(15,16)17/h1-4,7,19H,5-6,18H2. The van der Waals surface area contributed by atoms with Crippen LogP contribution >= 0.6 is 27.3 Å². The van der Waals surface area contributed by atoms with Crippen LogP contribution in [0.25, 0.3) is 0 Å². The predicted octanol–water partition coefficient (Wildman–Crippen LogP) is 4.77. The Morgan fingerprint density at radius 1 is 1.20 bits per heavy atom. The zero-order valence-corrected chi connectivity index (χ0v) is 12.7. The van der Waals surface area contributed by atoms with Crippen molar-refractivity contribution in [2.45, 2.75) is 12.6 Å². The van der Waals surface area contributed by atoms with E-state index in [0.717, 1.165) is 22.3 Å². The molecule has 0 saturated heterocycles. The summed E-state index contributed by atoms with van der Waals surface area (Å²) in [6, 6.07) is 7.31. The van der Waals surface area contributed by atoms with E-state index < -0.39 is 11.7 Å². The number of nitrogens with one attached hydrogen (secondary N) is 1. The van der Waals surface area contributed by atoms with Crippen molar-refractivity contribution in [2.75, 3.05) is 17.6 Å². The van der Waals surface area contributed by atoms with Crippen LogP contribution in [0.2, 0.25) is 0 Å². The van der Waals surface area contributed by atoms with Crippen LogP contribution in [0.5, 0.6) is 0 Å². The second-order valence-corrected chi connectivity index (χ2v) is 6.73. The lowest BCUT2D eigenvalue weighted by Crippen LogP contribution is -2.09. The molecule has 0 bridgehead atoms. The largest absolute Gasteiger partial charge is 0.416 e. The fourth-order valence-electron chi connectivity index (χ4n) is 1.71. The maximum atomic E-state index is 12.5. The van der Waals surface area contributed by atoms with Gasteiger partial charge in [0, 0.05) is 11.4 Å². The molecule has 7 heteroatoms. The number of hydrogen-bond donors (Lipinski definition) is 2. The van der Waals surface area contributed by atoms with Gasteiger partial charge < -0.3 is 11.1 Å².